The first-order chi connectivity index (χ1) is 5.54. The van der Waals surface area contributed by atoms with Crippen LogP contribution in [-0.2, 0) is 9.53 Å². The van der Waals surface area contributed by atoms with E-state index in [1.807, 2.05) is 0 Å². The van der Waals surface area contributed by atoms with Gasteiger partial charge in [0, 0.05) is 5.92 Å². The van der Waals surface area contributed by atoms with Crippen LogP contribution < -0.4 is 0 Å². The number of methoxy groups -OCH3 is 1. The van der Waals surface area contributed by atoms with Gasteiger partial charge in [-0.3, -0.25) is 4.79 Å². The first kappa shape index (κ1) is 11.2. The summed E-state index contributed by atoms with van der Waals surface area (Å²) in [6, 6.07) is 0. The minimum atomic E-state index is -0.404. The SMILES string of the molecule is COC(=O)C(C)C(C)/C(Cl)=N/O. The summed E-state index contributed by atoms with van der Waals surface area (Å²) in [6.45, 7) is 3.34. The van der Waals surface area contributed by atoms with Crippen LogP contribution in [0.5, 0.6) is 0 Å². The molecule has 5 heteroatoms. The van der Waals surface area contributed by atoms with E-state index >= 15 is 0 Å². The molecule has 0 radical (unpaired) electrons. The van der Waals surface area contributed by atoms with Gasteiger partial charge in [0.25, 0.3) is 0 Å². The molecule has 2 unspecified atom stereocenters. The molecule has 0 spiro atoms. The Bertz CT molecular complexity index is 193. The maximum Gasteiger partial charge on any atom is 0.309 e. The maximum atomic E-state index is 11.0. The fourth-order valence-corrected chi connectivity index (χ4v) is 0.876. The van der Waals surface area contributed by atoms with Crippen LogP contribution in [0.1, 0.15) is 13.8 Å². The molecular weight excluding hydrogens is 182 g/mol. The summed E-state index contributed by atoms with van der Waals surface area (Å²) >= 11 is 5.50. The molecule has 0 rings (SSSR count). The number of carbonyl (C=O) groups is 1. The third-order valence-electron chi connectivity index (χ3n) is 1.79. The average molecular weight is 194 g/mol. The smallest absolute Gasteiger partial charge is 0.309 e. The van der Waals surface area contributed by atoms with Gasteiger partial charge in [-0.25, -0.2) is 0 Å². The molecule has 0 aliphatic carbocycles. The van der Waals surface area contributed by atoms with Gasteiger partial charge in [-0.1, -0.05) is 30.6 Å². The lowest BCUT2D eigenvalue weighted by molar-refractivity contribution is -0.145. The van der Waals surface area contributed by atoms with Crippen molar-refractivity contribution in [3.8, 4) is 0 Å². The fourth-order valence-electron chi connectivity index (χ4n) is 0.687. The van der Waals surface area contributed by atoms with Crippen molar-refractivity contribution in [2.75, 3.05) is 7.11 Å². The molecule has 12 heavy (non-hydrogen) atoms. The first-order valence-electron chi connectivity index (χ1n) is 3.49. The van der Waals surface area contributed by atoms with E-state index in [2.05, 4.69) is 9.89 Å². The lowest BCUT2D eigenvalue weighted by Gasteiger charge is -2.14. The number of esters is 1. The Balaban J connectivity index is 4.28. The van der Waals surface area contributed by atoms with Crippen molar-refractivity contribution < 1.29 is 14.7 Å². The zero-order valence-electron chi connectivity index (χ0n) is 7.24. The Morgan fingerprint density at radius 3 is 2.33 bits per heavy atom. The summed E-state index contributed by atoms with van der Waals surface area (Å²) in [4.78, 5) is 11.0. The van der Waals surface area contributed by atoms with Crippen LogP contribution in [0.2, 0.25) is 0 Å². The lowest BCUT2D eigenvalue weighted by Crippen LogP contribution is -2.24. The molecule has 0 aromatic carbocycles. The lowest BCUT2D eigenvalue weighted by atomic mass is 9.97. The highest BCUT2D eigenvalue weighted by Crippen LogP contribution is 2.16. The second-order valence-corrected chi connectivity index (χ2v) is 2.91. The molecule has 4 nitrogen and oxygen atoms in total. The monoisotopic (exact) mass is 193 g/mol. The molecule has 0 amide bonds. The molecule has 1 N–H and O–H groups in total. The van der Waals surface area contributed by atoms with E-state index in [1.54, 1.807) is 13.8 Å². The van der Waals surface area contributed by atoms with Crippen molar-refractivity contribution in [3.05, 3.63) is 0 Å². The van der Waals surface area contributed by atoms with Gasteiger partial charge in [0.15, 0.2) is 0 Å². The molecule has 0 aliphatic rings. The number of oxime groups is 1. The number of rotatable bonds is 3. The molecule has 70 valence electrons. The van der Waals surface area contributed by atoms with E-state index in [-0.39, 0.29) is 17.1 Å². The van der Waals surface area contributed by atoms with Gasteiger partial charge in [-0.2, -0.15) is 0 Å². The Labute approximate surface area is 76.2 Å². The van der Waals surface area contributed by atoms with Gasteiger partial charge in [-0.05, 0) is 0 Å². The Hall–Kier alpha value is -0.770. The summed E-state index contributed by atoms with van der Waals surface area (Å²) in [5, 5.41) is 11.1. The van der Waals surface area contributed by atoms with Gasteiger partial charge in [0.05, 0.1) is 13.0 Å². The predicted molar refractivity (Wildman–Crippen MR) is 45.4 cm³/mol. The molecule has 0 fully saturated rings. The predicted octanol–water partition coefficient (Wildman–Crippen LogP) is 1.46. The van der Waals surface area contributed by atoms with Crippen molar-refractivity contribution in [3.63, 3.8) is 0 Å². The topological polar surface area (TPSA) is 58.9 Å². The summed E-state index contributed by atoms with van der Waals surface area (Å²) in [6.07, 6.45) is 0. The largest absolute Gasteiger partial charge is 0.469 e. The standard InChI is InChI=1S/C7H12ClNO3/c1-4(6(8)9-11)5(2)7(10)12-3/h4-5,11H,1-3H3/b9-6-. The maximum absolute atomic E-state index is 11.0. The number of hydrogen-bond acceptors (Lipinski definition) is 4. The van der Waals surface area contributed by atoms with Crippen LogP contribution in [0.25, 0.3) is 0 Å². The fraction of sp³-hybridized carbons (Fsp3) is 0.714. The van der Waals surface area contributed by atoms with Crippen molar-refractivity contribution in [1.29, 1.82) is 0 Å². The number of nitrogens with zero attached hydrogens (tertiary/aromatic N) is 1. The number of halogens is 1. The Morgan fingerprint density at radius 1 is 1.50 bits per heavy atom. The van der Waals surface area contributed by atoms with Gasteiger partial charge >= 0.3 is 5.97 Å². The Morgan fingerprint density at radius 2 is 2.00 bits per heavy atom. The van der Waals surface area contributed by atoms with E-state index in [0.717, 1.165) is 0 Å². The molecular formula is C7H12ClNO3. The van der Waals surface area contributed by atoms with Crippen LogP contribution in [0.4, 0.5) is 0 Å². The van der Waals surface area contributed by atoms with E-state index in [0.29, 0.717) is 0 Å². The van der Waals surface area contributed by atoms with Gasteiger partial charge in [0.1, 0.15) is 5.17 Å². The second kappa shape index (κ2) is 4.98. The highest BCUT2D eigenvalue weighted by atomic mass is 35.5. The average Bonchev–Trinajstić information content (AvgIpc) is 2.12. The van der Waals surface area contributed by atoms with Crippen LogP contribution in [-0.4, -0.2) is 23.5 Å². The normalized spacial score (nSPS) is 16.8. The molecule has 0 aromatic heterocycles. The van der Waals surface area contributed by atoms with E-state index in [9.17, 15) is 4.79 Å². The zero-order valence-corrected chi connectivity index (χ0v) is 8.00. The molecule has 0 heterocycles. The van der Waals surface area contributed by atoms with Crippen molar-refractivity contribution in [2.45, 2.75) is 13.8 Å². The highest BCUT2D eigenvalue weighted by Gasteiger charge is 2.24. The molecule has 0 saturated heterocycles. The third kappa shape index (κ3) is 2.70. The summed E-state index contributed by atoms with van der Waals surface area (Å²) in [5.41, 5.74) is 0. The van der Waals surface area contributed by atoms with E-state index in [4.69, 9.17) is 16.8 Å². The molecule has 0 aliphatic heterocycles. The minimum Gasteiger partial charge on any atom is -0.469 e. The van der Waals surface area contributed by atoms with E-state index < -0.39 is 5.92 Å². The molecule has 0 bridgehead atoms. The summed E-state index contributed by atoms with van der Waals surface area (Å²) in [7, 11) is 1.30. The van der Waals surface area contributed by atoms with Crippen molar-refractivity contribution in [2.24, 2.45) is 17.0 Å². The second-order valence-electron chi connectivity index (χ2n) is 2.52. The van der Waals surface area contributed by atoms with Gasteiger partial charge in [0.2, 0.25) is 0 Å². The molecule has 0 aromatic rings. The first-order valence-corrected chi connectivity index (χ1v) is 3.87. The van der Waals surface area contributed by atoms with Gasteiger partial charge < -0.3 is 9.94 Å². The summed E-state index contributed by atoms with van der Waals surface area (Å²) < 4.78 is 4.49. The molecule has 2 atom stereocenters. The van der Waals surface area contributed by atoms with Crippen LogP contribution >= 0.6 is 11.6 Å². The molecule has 0 saturated carbocycles. The number of hydrogen-bond donors (Lipinski definition) is 1. The third-order valence-corrected chi connectivity index (χ3v) is 2.21. The van der Waals surface area contributed by atoms with Crippen LogP contribution in [0.3, 0.4) is 0 Å². The van der Waals surface area contributed by atoms with Gasteiger partial charge in [-0.15, -0.1) is 0 Å². The number of ether oxygens (including phenoxy) is 1. The quantitative estimate of drug-likeness (QED) is 0.320. The van der Waals surface area contributed by atoms with E-state index in [1.165, 1.54) is 7.11 Å². The van der Waals surface area contributed by atoms with Crippen molar-refractivity contribution in [1.82, 2.24) is 0 Å². The highest BCUT2D eigenvalue weighted by molar-refractivity contribution is 6.65. The van der Waals surface area contributed by atoms with Crippen LogP contribution in [0.15, 0.2) is 5.16 Å². The van der Waals surface area contributed by atoms with Crippen molar-refractivity contribution >= 4 is 22.7 Å². The zero-order chi connectivity index (χ0) is 9.72. The number of carbonyl (C=O) groups excluding carboxylic acids is 1. The van der Waals surface area contributed by atoms with Crippen LogP contribution in [0, 0.1) is 11.8 Å². The minimum absolute atomic E-state index is 0.00731. The Kier molecular flexibility index (Phi) is 4.66. The summed E-state index contributed by atoms with van der Waals surface area (Å²) in [5.74, 6) is -1.10.